The first-order chi connectivity index (χ1) is 15.6. The van der Waals surface area contributed by atoms with Crippen molar-refractivity contribution in [3.05, 3.63) is 48.5 Å². The first-order valence-corrected chi connectivity index (χ1v) is 12.2. The number of benzene rings is 1. The van der Waals surface area contributed by atoms with Crippen molar-refractivity contribution in [1.82, 2.24) is 15.0 Å². The van der Waals surface area contributed by atoms with Crippen LogP contribution in [0.25, 0.3) is 32.6 Å². The van der Waals surface area contributed by atoms with Gasteiger partial charge in [0.1, 0.15) is 10.6 Å². The summed E-state index contributed by atoms with van der Waals surface area (Å²) in [6.07, 6.45) is 7.00. The van der Waals surface area contributed by atoms with Crippen molar-refractivity contribution in [3.63, 3.8) is 0 Å². The van der Waals surface area contributed by atoms with Gasteiger partial charge in [-0.25, -0.2) is 19.3 Å². The van der Waals surface area contributed by atoms with Crippen LogP contribution in [0.1, 0.15) is 19.3 Å². The van der Waals surface area contributed by atoms with E-state index < -0.39 is 0 Å². The SMILES string of the molecule is Nc1c(SC2CCC2)sc2nc(-c3cnc(NCCO)nc3)cc(-c3ccccc3F)c12. The summed E-state index contributed by atoms with van der Waals surface area (Å²) >= 11 is 3.37. The Morgan fingerprint density at radius 1 is 1.19 bits per heavy atom. The highest BCUT2D eigenvalue weighted by Crippen LogP contribution is 2.48. The molecule has 3 aromatic heterocycles. The van der Waals surface area contributed by atoms with Gasteiger partial charge in [-0.1, -0.05) is 24.6 Å². The number of thiophene rings is 1. The van der Waals surface area contributed by atoms with E-state index in [-0.39, 0.29) is 12.4 Å². The molecule has 1 aromatic carbocycles. The zero-order chi connectivity index (χ0) is 22.1. The van der Waals surface area contributed by atoms with Gasteiger partial charge < -0.3 is 16.2 Å². The van der Waals surface area contributed by atoms with Crippen molar-refractivity contribution in [2.45, 2.75) is 28.7 Å². The molecule has 0 spiro atoms. The minimum Gasteiger partial charge on any atom is -0.397 e. The molecule has 32 heavy (non-hydrogen) atoms. The number of hydrogen-bond acceptors (Lipinski definition) is 8. The molecule has 0 saturated heterocycles. The van der Waals surface area contributed by atoms with E-state index >= 15 is 0 Å². The number of hydrogen-bond donors (Lipinski definition) is 3. The van der Waals surface area contributed by atoms with E-state index in [0.29, 0.717) is 34.7 Å². The van der Waals surface area contributed by atoms with E-state index in [2.05, 4.69) is 15.3 Å². The van der Waals surface area contributed by atoms with Crippen LogP contribution < -0.4 is 11.1 Å². The second-order valence-corrected chi connectivity index (χ2v) is 10.2. The lowest BCUT2D eigenvalue weighted by Gasteiger charge is -2.23. The third-order valence-corrected chi connectivity index (χ3v) is 8.17. The molecule has 0 unspecified atom stereocenters. The lowest BCUT2D eigenvalue weighted by atomic mass is 10.00. The van der Waals surface area contributed by atoms with Gasteiger partial charge in [-0.3, -0.25) is 0 Å². The predicted octanol–water partition coefficient (Wildman–Crippen LogP) is 5.19. The van der Waals surface area contributed by atoms with Gasteiger partial charge in [0.25, 0.3) is 0 Å². The average molecular weight is 468 g/mol. The summed E-state index contributed by atoms with van der Waals surface area (Å²) in [6.45, 7) is 0.368. The van der Waals surface area contributed by atoms with Crippen molar-refractivity contribution >= 4 is 45.0 Å². The molecule has 0 atom stereocenters. The summed E-state index contributed by atoms with van der Waals surface area (Å²) in [7, 11) is 0. The zero-order valence-corrected chi connectivity index (χ0v) is 18.8. The number of aliphatic hydroxyl groups excluding tert-OH is 1. The zero-order valence-electron chi connectivity index (χ0n) is 17.2. The minimum absolute atomic E-state index is 0.00363. The number of halogens is 1. The van der Waals surface area contributed by atoms with Gasteiger partial charge in [0.15, 0.2) is 0 Å². The maximum absolute atomic E-state index is 14.8. The van der Waals surface area contributed by atoms with E-state index in [4.69, 9.17) is 15.8 Å². The molecule has 5 rings (SSSR count). The summed E-state index contributed by atoms with van der Waals surface area (Å²) in [5.74, 6) is 0.127. The third kappa shape index (κ3) is 4.03. The van der Waals surface area contributed by atoms with Crippen molar-refractivity contribution in [2.75, 3.05) is 24.2 Å². The molecule has 6 nitrogen and oxygen atoms in total. The third-order valence-electron chi connectivity index (χ3n) is 5.50. The molecule has 164 valence electrons. The predicted molar refractivity (Wildman–Crippen MR) is 130 cm³/mol. The smallest absolute Gasteiger partial charge is 0.222 e. The lowest BCUT2D eigenvalue weighted by Crippen LogP contribution is -2.12. The van der Waals surface area contributed by atoms with Gasteiger partial charge in [-0.2, -0.15) is 0 Å². The molecule has 3 heterocycles. The monoisotopic (exact) mass is 467 g/mol. The number of nitrogen functional groups attached to an aromatic ring is 1. The fourth-order valence-corrected chi connectivity index (χ4v) is 6.38. The Morgan fingerprint density at radius 2 is 1.97 bits per heavy atom. The fourth-order valence-electron chi connectivity index (χ4n) is 3.59. The number of nitrogens with zero attached hydrogens (tertiary/aromatic N) is 3. The number of aliphatic hydroxyl groups is 1. The van der Waals surface area contributed by atoms with Crippen LogP contribution in [0.2, 0.25) is 0 Å². The van der Waals surface area contributed by atoms with E-state index in [9.17, 15) is 4.39 Å². The Bertz CT molecular complexity index is 1260. The summed E-state index contributed by atoms with van der Waals surface area (Å²) in [4.78, 5) is 14.2. The molecule has 4 N–H and O–H groups in total. The van der Waals surface area contributed by atoms with Gasteiger partial charge in [0.05, 0.1) is 22.2 Å². The van der Waals surface area contributed by atoms with Crippen LogP contribution in [0.3, 0.4) is 0 Å². The van der Waals surface area contributed by atoms with Gasteiger partial charge in [-0.15, -0.1) is 23.1 Å². The minimum atomic E-state index is -0.301. The number of aromatic nitrogens is 3. The topological polar surface area (TPSA) is 97.0 Å². The molecule has 1 aliphatic rings. The van der Waals surface area contributed by atoms with Gasteiger partial charge in [0.2, 0.25) is 5.95 Å². The standard InChI is InChI=1S/C23H22FN5OS2/c24-17-7-2-1-6-15(17)16-10-18(13-11-27-23(28-12-13)26-8-9-30)29-21-19(16)20(25)22(32-21)31-14-4-3-5-14/h1-2,6-7,10-12,14,30H,3-5,8-9,25H2,(H,26,27,28). The highest BCUT2D eigenvalue weighted by Gasteiger charge is 2.24. The lowest BCUT2D eigenvalue weighted by molar-refractivity contribution is 0.311. The normalized spacial score (nSPS) is 13.9. The van der Waals surface area contributed by atoms with E-state index in [1.165, 1.54) is 25.3 Å². The van der Waals surface area contributed by atoms with Crippen LogP contribution in [-0.2, 0) is 0 Å². The van der Waals surface area contributed by atoms with Gasteiger partial charge in [0, 0.05) is 40.7 Å². The second-order valence-electron chi connectivity index (χ2n) is 7.63. The number of nitrogens with two attached hydrogens (primary N) is 1. The van der Waals surface area contributed by atoms with Crippen LogP contribution in [-0.4, -0.2) is 38.5 Å². The van der Waals surface area contributed by atoms with E-state index in [0.717, 1.165) is 25.6 Å². The van der Waals surface area contributed by atoms with Crippen LogP contribution in [0.15, 0.2) is 46.9 Å². The van der Waals surface area contributed by atoms with Crippen LogP contribution >= 0.6 is 23.1 Å². The Kier molecular flexibility index (Phi) is 5.95. The summed E-state index contributed by atoms with van der Waals surface area (Å²) in [6, 6.07) is 8.59. The first kappa shape index (κ1) is 21.1. The number of pyridine rings is 1. The largest absolute Gasteiger partial charge is 0.397 e. The summed E-state index contributed by atoms with van der Waals surface area (Å²) in [5.41, 5.74) is 9.86. The molecular formula is C23H22FN5OS2. The maximum atomic E-state index is 14.8. The molecule has 9 heteroatoms. The van der Waals surface area contributed by atoms with Gasteiger partial charge >= 0.3 is 0 Å². The quantitative estimate of drug-likeness (QED) is 0.344. The van der Waals surface area contributed by atoms with Crippen molar-refractivity contribution in [1.29, 1.82) is 0 Å². The Labute approximate surface area is 193 Å². The van der Waals surface area contributed by atoms with Crippen LogP contribution in [0, 0.1) is 5.82 Å². The second kappa shape index (κ2) is 9.01. The van der Waals surface area contributed by atoms with Gasteiger partial charge in [-0.05, 0) is 30.5 Å². The molecule has 1 aliphatic carbocycles. The fraction of sp³-hybridized carbons (Fsp3) is 0.261. The molecule has 0 radical (unpaired) electrons. The van der Waals surface area contributed by atoms with E-state index in [1.807, 2.05) is 23.9 Å². The number of anilines is 2. The Balaban J connectivity index is 1.63. The molecule has 1 saturated carbocycles. The molecule has 4 aromatic rings. The average Bonchev–Trinajstić information content (AvgIpc) is 3.10. The number of nitrogens with one attached hydrogen (secondary N) is 1. The molecule has 0 amide bonds. The van der Waals surface area contributed by atoms with Crippen LogP contribution in [0.5, 0.6) is 0 Å². The van der Waals surface area contributed by atoms with Crippen molar-refractivity contribution in [2.24, 2.45) is 0 Å². The Hall–Kier alpha value is -2.75. The van der Waals surface area contributed by atoms with Crippen LogP contribution in [0.4, 0.5) is 16.0 Å². The molecule has 0 aliphatic heterocycles. The van der Waals surface area contributed by atoms with E-state index in [1.54, 1.807) is 35.9 Å². The molecular weight excluding hydrogens is 445 g/mol. The highest BCUT2D eigenvalue weighted by molar-refractivity contribution is 8.02. The van der Waals surface area contributed by atoms with Crippen molar-refractivity contribution < 1.29 is 9.50 Å². The highest BCUT2D eigenvalue weighted by atomic mass is 32.2. The number of thioether (sulfide) groups is 1. The maximum Gasteiger partial charge on any atom is 0.222 e. The number of rotatable bonds is 7. The molecule has 1 fully saturated rings. The summed E-state index contributed by atoms with van der Waals surface area (Å²) in [5, 5.41) is 13.3. The van der Waals surface area contributed by atoms with Crippen molar-refractivity contribution in [3.8, 4) is 22.4 Å². The molecule has 0 bridgehead atoms. The number of fused-ring (bicyclic) bond motifs is 1. The first-order valence-electron chi connectivity index (χ1n) is 10.5. The Morgan fingerprint density at radius 3 is 2.66 bits per heavy atom. The summed E-state index contributed by atoms with van der Waals surface area (Å²) < 4.78 is 15.9.